The number of fused-ring (bicyclic) bond motifs is 1. The van der Waals surface area contributed by atoms with Gasteiger partial charge in [0.2, 0.25) is 11.8 Å². The van der Waals surface area contributed by atoms with Gasteiger partial charge in [0.25, 0.3) is 0 Å². The lowest BCUT2D eigenvalue weighted by Gasteiger charge is -2.33. The summed E-state index contributed by atoms with van der Waals surface area (Å²) in [6.07, 6.45) is 3.06. The second-order valence-electron chi connectivity index (χ2n) is 6.00. The maximum absolute atomic E-state index is 12.3. The fourth-order valence-corrected chi connectivity index (χ4v) is 4.46. The highest BCUT2D eigenvalue weighted by atomic mass is 32.1. The molecule has 1 aromatic rings. The molecule has 2 amide bonds. The highest BCUT2D eigenvalue weighted by Gasteiger charge is 2.24. The van der Waals surface area contributed by atoms with E-state index in [0.717, 1.165) is 24.8 Å². The standard InChI is InChI=1S/C16H20N4O2S/c1-11(21)20-7-5-19(6-8-20)10-15(22)18-16-13(9-17)12-3-2-4-14(12)23-16/h2-8,10H2,1H3,(H,18,22). The summed E-state index contributed by atoms with van der Waals surface area (Å²) < 4.78 is 0. The number of aryl methyl sites for hydroxylation is 1. The molecule has 2 heterocycles. The molecular formula is C16H20N4O2S. The molecule has 0 unspecified atom stereocenters. The van der Waals surface area contributed by atoms with E-state index in [0.29, 0.717) is 43.3 Å². The number of hydrogen-bond donors (Lipinski definition) is 1. The molecule has 1 aliphatic carbocycles. The lowest BCUT2D eigenvalue weighted by molar-refractivity contribution is -0.130. The van der Waals surface area contributed by atoms with E-state index in [1.54, 1.807) is 23.2 Å². The Morgan fingerprint density at radius 1 is 1.26 bits per heavy atom. The summed E-state index contributed by atoms with van der Waals surface area (Å²) in [5.74, 6) is -0.00133. The van der Waals surface area contributed by atoms with Gasteiger partial charge in [-0.25, -0.2) is 0 Å². The van der Waals surface area contributed by atoms with Crippen molar-refractivity contribution in [2.45, 2.75) is 26.2 Å². The van der Waals surface area contributed by atoms with Crippen LogP contribution in [0.4, 0.5) is 5.00 Å². The van der Waals surface area contributed by atoms with Gasteiger partial charge in [-0.3, -0.25) is 14.5 Å². The minimum Gasteiger partial charge on any atom is -0.340 e. The van der Waals surface area contributed by atoms with E-state index in [2.05, 4.69) is 11.4 Å². The topological polar surface area (TPSA) is 76.4 Å². The number of anilines is 1. The molecule has 0 bridgehead atoms. The van der Waals surface area contributed by atoms with Gasteiger partial charge in [0.05, 0.1) is 12.1 Å². The largest absolute Gasteiger partial charge is 0.340 e. The summed E-state index contributed by atoms with van der Waals surface area (Å²) in [6.45, 7) is 4.62. The fraction of sp³-hybridized carbons (Fsp3) is 0.562. The van der Waals surface area contributed by atoms with Crippen molar-refractivity contribution in [1.29, 1.82) is 5.26 Å². The number of nitriles is 1. The maximum atomic E-state index is 12.3. The van der Waals surface area contributed by atoms with Crippen molar-refractivity contribution in [2.75, 3.05) is 38.0 Å². The van der Waals surface area contributed by atoms with Crippen molar-refractivity contribution in [3.8, 4) is 6.07 Å². The van der Waals surface area contributed by atoms with Gasteiger partial charge < -0.3 is 10.2 Å². The Balaban J connectivity index is 1.57. The Hall–Kier alpha value is -1.91. The molecule has 1 N–H and O–H groups in total. The van der Waals surface area contributed by atoms with Crippen LogP contribution in [0.2, 0.25) is 0 Å². The van der Waals surface area contributed by atoms with E-state index in [1.165, 1.54) is 4.88 Å². The molecule has 0 atom stereocenters. The van der Waals surface area contributed by atoms with Crippen LogP contribution in [-0.4, -0.2) is 54.3 Å². The molecule has 7 heteroatoms. The highest BCUT2D eigenvalue weighted by Crippen LogP contribution is 2.38. The zero-order chi connectivity index (χ0) is 16.4. The highest BCUT2D eigenvalue weighted by molar-refractivity contribution is 7.16. The number of nitrogens with zero attached hydrogens (tertiary/aromatic N) is 3. The van der Waals surface area contributed by atoms with E-state index in [1.807, 2.05) is 4.90 Å². The lowest BCUT2D eigenvalue weighted by Crippen LogP contribution is -2.49. The number of carbonyl (C=O) groups is 2. The van der Waals surface area contributed by atoms with E-state index in [4.69, 9.17) is 0 Å². The van der Waals surface area contributed by atoms with E-state index >= 15 is 0 Å². The monoisotopic (exact) mass is 332 g/mol. The fourth-order valence-electron chi connectivity index (χ4n) is 3.20. The molecule has 3 rings (SSSR count). The van der Waals surface area contributed by atoms with Crippen LogP contribution in [0.3, 0.4) is 0 Å². The molecule has 0 saturated carbocycles. The number of piperazine rings is 1. The predicted molar refractivity (Wildman–Crippen MR) is 88.4 cm³/mol. The second kappa shape index (κ2) is 6.69. The van der Waals surface area contributed by atoms with Gasteiger partial charge >= 0.3 is 0 Å². The van der Waals surface area contributed by atoms with Crippen molar-refractivity contribution >= 4 is 28.2 Å². The molecule has 6 nitrogen and oxygen atoms in total. The molecular weight excluding hydrogens is 312 g/mol. The third-order valence-electron chi connectivity index (χ3n) is 4.47. The first kappa shape index (κ1) is 16.0. The number of hydrogen-bond acceptors (Lipinski definition) is 5. The van der Waals surface area contributed by atoms with Gasteiger partial charge in [0.15, 0.2) is 0 Å². The summed E-state index contributed by atoms with van der Waals surface area (Å²) in [7, 11) is 0. The third kappa shape index (κ3) is 3.38. The number of amides is 2. The molecule has 0 radical (unpaired) electrons. The molecule has 23 heavy (non-hydrogen) atoms. The summed E-state index contributed by atoms with van der Waals surface area (Å²) in [5, 5.41) is 13.0. The van der Waals surface area contributed by atoms with Crippen LogP contribution in [0.15, 0.2) is 0 Å². The Bertz CT molecular complexity index is 668. The van der Waals surface area contributed by atoms with Gasteiger partial charge in [0.1, 0.15) is 11.1 Å². The average Bonchev–Trinajstić information content (AvgIpc) is 3.08. The zero-order valence-electron chi connectivity index (χ0n) is 13.2. The summed E-state index contributed by atoms with van der Waals surface area (Å²) in [5.41, 5.74) is 1.78. The van der Waals surface area contributed by atoms with Crippen molar-refractivity contribution in [3.63, 3.8) is 0 Å². The van der Waals surface area contributed by atoms with Crippen LogP contribution >= 0.6 is 11.3 Å². The van der Waals surface area contributed by atoms with Crippen LogP contribution in [0.5, 0.6) is 0 Å². The number of rotatable bonds is 3. The van der Waals surface area contributed by atoms with Gasteiger partial charge in [0, 0.05) is 38.0 Å². The predicted octanol–water partition coefficient (Wildman–Crippen LogP) is 1.21. The molecule has 2 aliphatic rings. The summed E-state index contributed by atoms with van der Waals surface area (Å²) >= 11 is 1.54. The van der Waals surface area contributed by atoms with Crippen LogP contribution < -0.4 is 5.32 Å². The number of nitrogens with one attached hydrogen (secondary N) is 1. The minimum absolute atomic E-state index is 0.0841. The first-order valence-electron chi connectivity index (χ1n) is 7.91. The van der Waals surface area contributed by atoms with Gasteiger partial charge in [-0.15, -0.1) is 11.3 Å². The number of thiophene rings is 1. The normalized spacial score (nSPS) is 17.7. The molecule has 1 fully saturated rings. The Morgan fingerprint density at radius 2 is 2.00 bits per heavy atom. The van der Waals surface area contributed by atoms with E-state index in [9.17, 15) is 14.9 Å². The first-order chi connectivity index (χ1) is 11.1. The minimum atomic E-state index is -0.0855. The average molecular weight is 332 g/mol. The summed E-state index contributed by atoms with van der Waals surface area (Å²) in [4.78, 5) is 28.6. The van der Waals surface area contributed by atoms with Gasteiger partial charge in [-0.1, -0.05) is 0 Å². The molecule has 122 valence electrons. The third-order valence-corrected chi connectivity index (χ3v) is 5.68. The smallest absolute Gasteiger partial charge is 0.239 e. The SMILES string of the molecule is CC(=O)N1CCN(CC(=O)Nc2sc3c(c2C#N)CCC3)CC1. The quantitative estimate of drug-likeness (QED) is 0.903. The van der Waals surface area contributed by atoms with Crippen molar-refractivity contribution in [2.24, 2.45) is 0 Å². The van der Waals surface area contributed by atoms with Crippen LogP contribution in [-0.2, 0) is 22.4 Å². The molecule has 1 aliphatic heterocycles. The van der Waals surface area contributed by atoms with Crippen LogP contribution in [0, 0.1) is 11.3 Å². The van der Waals surface area contributed by atoms with Gasteiger partial charge in [-0.05, 0) is 24.8 Å². The van der Waals surface area contributed by atoms with Gasteiger partial charge in [-0.2, -0.15) is 5.26 Å². The van der Waals surface area contributed by atoms with E-state index < -0.39 is 0 Å². The molecule has 1 saturated heterocycles. The van der Waals surface area contributed by atoms with E-state index in [-0.39, 0.29) is 11.8 Å². The van der Waals surface area contributed by atoms with Crippen molar-refractivity contribution in [3.05, 3.63) is 16.0 Å². The van der Waals surface area contributed by atoms with Crippen molar-refractivity contribution in [1.82, 2.24) is 9.80 Å². The molecule has 1 aromatic heterocycles. The van der Waals surface area contributed by atoms with Crippen molar-refractivity contribution < 1.29 is 9.59 Å². The molecule has 0 aromatic carbocycles. The zero-order valence-corrected chi connectivity index (χ0v) is 14.0. The summed E-state index contributed by atoms with van der Waals surface area (Å²) in [6, 6.07) is 2.24. The number of carbonyl (C=O) groups excluding carboxylic acids is 2. The lowest BCUT2D eigenvalue weighted by atomic mass is 10.1. The Kier molecular flexibility index (Phi) is 4.64. The maximum Gasteiger partial charge on any atom is 0.239 e. The second-order valence-corrected chi connectivity index (χ2v) is 7.11. The Labute approximate surface area is 139 Å². The Morgan fingerprint density at radius 3 is 2.65 bits per heavy atom. The van der Waals surface area contributed by atoms with Crippen LogP contribution in [0.25, 0.3) is 0 Å². The first-order valence-corrected chi connectivity index (χ1v) is 8.72. The van der Waals surface area contributed by atoms with Crippen LogP contribution in [0.1, 0.15) is 29.3 Å². The molecule has 0 spiro atoms.